The lowest BCUT2D eigenvalue weighted by Crippen LogP contribution is -2.56. The zero-order chi connectivity index (χ0) is 28.3. The van der Waals surface area contributed by atoms with Crippen molar-refractivity contribution < 1.29 is 19.1 Å². The maximum Gasteiger partial charge on any atom is 0.272 e. The van der Waals surface area contributed by atoms with Crippen molar-refractivity contribution in [2.45, 2.75) is 50.4 Å². The number of rotatable bonds is 5. The predicted molar refractivity (Wildman–Crippen MR) is 152 cm³/mol. The highest BCUT2D eigenvalue weighted by molar-refractivity contribution is 5.94. The number of carbonyl (C=O) groups excluding carboxylic acids is 2. The van der Waals surface area contributed by atoms with Crippen molar-refractivity contribution in [3.05, 3.63) is 89.1 Å². The predicted octanol–water partition coefficient (Wildman–Crippen LogP) is 2.97. The summed E-state index contributed by atoms with van der Waals surface area (Å²) >= 11 is 0. The van der Waals surface area contributed by atoms with Crippen molar-refractivity contribution in [1.29, 1.82) is 0 Å². The van der Waals surface area contributed by atoms with Gasteiger partial charge >= 0.3 is 0 Å². The molecule has 2 fully saturated rings. The minimum Gasteiger partial charge on any atom is -0.390 e. The topological polar surface area (TPSA) is 102 Å². The van der Waals surface area contributed by atoms with E-state index in [1.165, 1.54) is 29.6 Å². The van der Waals surface area contributed by atoms with E-state index in [0.29, 0.717) is 56.0 Å². The number of aromatic nitrogens is 2. The molecule has 0 unspecified atom stereocenters. The molecule has 3 aromatic rings. The van der Waals surface area contributed by atoms with Gasteiger partial charge in [-0.1, -0.05) is 30.3 Å². The lowest BCUT2D eigenvalue weighted by Gasteiger charge is -2.43. The van der Waals surface area contributed by atoms with Crippen LogP contribution in [0.25, 0.3) is 0 Å². The molecule has 2 amide bonds. The molecule has 2 aromatic carbocycles. The maximum atomic E-state index is 13.5. The van der Waals surface area contributed by atoms with Gasteiger partial charge in [-0.2, -0.15) is 0 Å². The number of fused-ring (bicyclic) bond motifs is 1. The van der Waals surface area contributed by atoms with Gasteiger partial charge in [-0.3, -0.25) is 14.5 Å². The molecule has 3 aliphatic rings. The van der Waals surface area contributed by atoms with Crippen molar-refractivity contribution in [1.82, 2.24) is 24.7 Å². The van der Waals surface area contributed by atoms with Crippen LogP contribution in [0, 0.1) is 5.82 Å². The molecular formula is C31H35FN6O3. The van der Waals surface area contributed by atoms with Gasteiger partial charge in [0, 0.05) is 63.0 Å². The Morgan fingerprint density at radius 2 is 1.66 bits per heavy atom. The second kappa shape index (κ2) is 11.9. The van der Waals surface area contributed by atoms with E-state index < -0.39 is 11.9 Å². The van der Waals surface area contributed by atoms with Crippen molar-refractivity contribution in [3.8, 4) is 0 Å². The molecule has 0 radical (unpaired) electrons. The number of aliphatic hydroxyl groups excluding tert-OH is 1. The number of likely N-dealkylation sites (tertiary alicyclic amines) is 2. The van der Waals surface area contributed by atoms with E-state index in [1.54, 1.807) is 28.0 Å². The molecule has 2 N–H and O–H groups in total. The number of piperidine rings is 2. The normalized spacial score (nSPS) is 21.8. The van der Waals surface area contributed by atoms with Crippen LogP contribution in [0.15, 0.2) is 60.9 Å². The Labute approximate surface area is 239 Å². The first kappa shape index (κ1) is 27.3. The second-order valence-corrected chi connectivity index (χ2v) is 11.2. The van der Waals surface area contributed by atoms with E-state index in [2.05, 4.69) is 44.5 Å². The quantitative estimate of drug-likeness (QED) is 0.497. The molecule has 2 atom stereocenters. The van der Waals surface area contributed by atoms with E-state index in [0.717, 1.165) is 19.5 Å². The smallest absolute Gasteiger partial charge is 0.272 e. The number of hydrogen-bond donors (Lipinski definition) is 2. The summed E-state index contributed by atoms with van der Waals surface area (Å²) in [6.07, 6.45) is 3.84. The summed E-state index contributed by atoms with van der Waals surface area (Å²) in [6, 6.07) is 16.0. The third-order valence-electron chi connectivity index (χ3n) is 8.55. The molecule has 1 aromatic heterocycles. The van der Waals surface area contributed by atoms with Crippen LogP contribution in [-0.4, -0.2) is 92.5 Å². The highest BCUT2D eigenvalue weighted by atomic mass is 19.1. The molecular weight excluding hydrogens is 523 g/mol. The Bertz CT molecular complexity index is 1410. The van der Waals surface area contributed by atoms with Crippen LogP contribution in [0.2, 0.25) is 0 Å². The largest absolute Gasteiger partial charge is 0.390 e. The first-order valence-corrected chi connectivity index (χ1v) is 14.4. The van der Waals surface area contributed by atoms with Crippen LogP contribution in [0.1, 0.15) is 51.2 Å². The van der Waals surface area contributed by atoms with E-state index in [4.69, 9.17) is 0 Å². The molecule has 0 saturated carbocycles. The zero-order valence-corrected chi connectivity index (χ0v) is 23.0. The maximum absolute atomic E-state index is 13.5. The summed E-state index contributed by atoms with van der Waals surface area (Å²) in [4.78, 5) is 40.3. The van der Waals surface area contributed by atoms with Crippen molar-refractivity contribution in [2.24, 2.45) is 0 Å². The SMILES string of the molecule is O=C(c1cccc(F)c1)N1CCC(Nc2cc(C(=O)N3CC[C@@H](N4CCc5ccccc5C4)[C@H](O)C3)ncn2)CC1. The molecule has 2 saturated heterocycles. The van der Waals surface area contributed by atoms with Crippen LogP contribution in [0.3, 0.4) is 0 Å². The Kier molecular flexibility index (Phi) is 7.93. The summed E-state index contributed by atoms with van der Waals surface area (Å²) in [5, 5.41) is 14.4. The molecule has 0 bridgehead atoms. The van der Waals surface area contributed by atoms with Gasteiger partial charge in [0.25, 0.3) is 11.8 Å². The number of aliphatic hydroxyl groups is 1. The summed E-state index contributed by atoms with van der Waals surface area (Å²) in [5.74, 6) is -0.254. The number of nitrogens with one attached hydrogen (secondary N) is 1. The molecule has 3 aliphatic heterocycles. The summed E-state index contributed by atoms with van der Waals surface area (Å²) in [6.45, 7) is 3.64. The lowest BCUT2D eigenvalue weighted by atomic mass is 9.94. The number of nitrogens with zero attached hydrogens (tertiary/aromatic N) is 5. The van der Waals surface area contributed by atoms with Crippen molar-refractivity contribution >= 4 is 17.6 Å². The van der Waals surface area contributed by atoms with Crippen molar-refractivity contribution in [3.63, 3.8) is 0 Å². The Balaban J connectivity index is 1.02. The first-order chi connectivity index (χ1) is 19.9. The second-order valence-electron chi connectivity index (χ2n) is 11.2. The first-order valence-electron chi connectivity index (χ1n) is 14.4. The average Bonchev–Trinajstić information content (AvgIpc) is 3.00. The standard InChI is InChI=1S/C31H35FN6O3/c32-24-7-3-6-22(16-24)30(40)36-13-9-25(10-14-36)35-29-17-26(33-20-34-29)31(41)38-15-11-27(28(39)19-38)37-12-8-21-4-1-2-5-23(21)18-37/h1-7,16-17,20,25,27-28,39H,8-15,18-19H2,(H,33,34,35)/t27-,28-/m1/s1. The lowest BCUT2D eigenvalue weighted by molar-refractivity contribution is -0.0139. The zero-order valence-electron chi connectivity index (χ0n) is 23.0. The number of carbonyl (C=O) groups is 2. The summed E-state index contributed by atoms with van der Waals surface area (Å²) in [7, 11) is 0. The Morgan fingerprint density at radius 1 is 0.878 bits per heavy atom. The third kappa shape index (κ3) is 6.08. The van der Waals surface area contributed by atoms with E-state index in [-0.39, 0.29) is 30.4 Å². The fourth-order valence-corrected chi connectivity index (χ4v) is 6.29. The minimum absolute atomic E-state index is 0.0219. The number of anilines is 1. The molecule has 214 valence electrons. The molecule has 10 heteroatoms. The van der Waals surface area contributed by atoms with Gasteiger partial charge in [0.05, 0.1) is 6.10 Å². The highest BCUT2D eigenvalue weighted by Gasteiger charge is 2.36. The number of benzene rings is 2. The molecule has 0 aliphatic carbocycles. The minimum atomic E-state index is -0.627. The molecule has 6 rings (SSSR count). The number of amides is 2. The van der Waals surface area contributed by atoms with Gasteiger partial charge in [0.2, 0.25) is 0 Å². The van der Waals surface area contributed by atoms with Gasteiger partial charge in [-0.15, -0.1) is 0 Å². The number of halogens is 1. The summed E-state index contributed by atoms with van der Waals surface area (Å²) in [5.41, 5.74) is 3.33. The molecule has 41 heavy (non-hydrogen) atoms. The van der Waals surface area contributed by atoms with E-state index >= 15 is 0 Å². The highest BCUT2D eigenvalue weighted by Crippen LogP contribution is 2.26. The van der Waals surface area contributed by atoms with Crippen LogP contribution in [0.4, 0.5) is 10.2 Å². The van der Waals surface area contributed by atoms with Gasteiger partial charge in [-0.05, 0) is 55.0 Å². The van der Waals surface area contributed by atoms with Crippen molar-refractivity contribution in [2.75, 3.05) is 38.0 Å². The fourth-order valence-electron chi connectivity index (χ4n) is 6.29. The molecule has 0 spiro atoms. The van der Waals surface area contributed by atoms with Crippen LogP contribution in [-0.2, 0) is 13.0 Å². The average molecular weight is 559 g/mol. The Hall–Kier alpha value is -3.89. The van der Waals surface area contributed by atoms with Gasteiger partial charge in [-0.25, -0.2) is 14.4 Å². The molecule has 4 heterocycles. The number of β-amino-alcohol motifs (C(OH)–C–C–N with tert-alkyl or cyclic N) is 1. The van der Waals surface area contributed by atoms with Gasteiger partial charge < -0.3 is 20.2 Å². The van der Waals surface area contributed by atoms with Crippen LogP contribution >= 0.6 is 0 Å². The Morgan fingerprint density at radius 3 is 2.44 bits per heavy atom. The van der Waals surface area contributed by atoms with E-state index in [1.807, 2.05) is 0 Å². The van der Waals surface area contributed by atoms with Crippen LogP contribution in [0.5, 0.6) is 0 Å². The van der Waals surface area contributed by atoms with E-state index in [9.17, 15) is 19.1 Å². The number of hydrogen-bond acceptors (Lipinski definition) is 7. The summed E-state index contributed by atoms with van der Waals surface area (Å²) < 4.78 is 13.5. The molecule has 9 nitrogen and oxygen atoms in total. The van der Waals surface area contributed by atoms with Crippen LogP contribution < -0.4 is 5.32 Å². The third-order valence-corrected chi connectivity index (χ3v) is 8.55. The monoisotopic (exact) mass is 558 g/mol. The van der Waals surface area contributed by atoms with Gasteiger partial charge in [0.15, 0.2) is 0 Å². The fraction of sp³-hybridized carbons (Fsp3) is 0.419. The van der Waals surface area contributed by atoms with Gasteiger partial charge in [0.1, 0.15) is 23.7 Å².